The maximum atomic E-state index is 13.1. The quantitative estimate of drug-likeness (QED) is 0.817. The van der Waals surface area contributed by atoms with E-state index in [9.17, 15) is 9.59 Å². The second-order valence-corrected chi connectivity index (χ2v) is 8.53. The molecule has 5 nitrogen and oxygen atoms in total. The molecule has 1 aromatic heterocycles. The third kappa shape index (κ3) is 3.36. The van der Waals surface area contributed by atoms with Gasteiger partial charge in [0.1, 0.15) is 0 Å². The Balaban J connectivity index is 1.48. The smallest absolute Gasteiger partial charge is 0.254 e. The number of nitrogens with one attached hydrogen (secondary N) is 1. The van der Waals surface area contributed by atoms with Gasteiger partial charge in [0.05, 0.1) is 34.2 Å². The Morgan fingerprint density at radius 3 is 2.96 bits per heavy atom. The highest BCUT2D eigenvalue weighted by Gasteiger charge is 2.56. The van der Waals surface area contributed by atoms with Crippen LogP contribution in [0.5, 0.6) is 0 Å². The molecule has 0 saturated carbocycles. The van der Waals surface area contributed by atoms with Gasteiger partial charge < -0.3 is 15.0 Å². The number of fused-ring (bicyclic) bond motifs is 1. The van der Waals surface area contributed by atoms with E-state index < -0.39 is 5.41 Å². The van der Waals surface area contributed by atoms with Crippen molar-refractivity contribution in [2.45, 2.75) is 6.54 Å². The van der Waals surface area contributed by atoms with Gasteiger partial charge in [-0.05, 0) is 23.1 Å². The van der Waals surface area contributed by atoms with Crippen molar-refractivity contribution in [2.24, 2.45) is 11.3 Å². The Morgan fingerprint density at radius 2 is 2.19 bits per heavy atom. The van der Waals surface area contributed by atoms with E-state index in [1.54, 1.807) is 17.0 Å². The minimum atomic E-state index is -0.712. The van der Waals surface area contributed by atoms with E-state index in [2.05, 4.69) is 5.32 Å². The second-order valence-electron chi connectivity index (χ2n) is 6.96. The van der Waals surface area contributed by atoms with Crippen molar-refractivity contribution in [2.75, 3.05) is 26.3 Å². The van der Waals surface area contributed by atoms with Crippen LogP contribution in [-0.4, -0.2) is 43.0 Å². The fraction of sp³-hybridized carbons (Fsp3) is 0.368. The Hall–Kier alpha value is -1.60. The number of benzene rings is 1. The molecule has 2 saturated heterocycles. The van der Waals surface area contributed by atoms with Crippen LogP contribution in [0.25, 0.3) is 0 Å². The molecule has 2 aliphatic rings. The van der Waals surface area contributed by atoms with Gasteiger partial charge in [0.15, 0.2) is 0 Å². The zero-order chi connectivity index (χ0) is 19.0. The molecule has 2 aromatic rings. The molecule has 8 heteroatoms. The van der Waals surface area contributed by atoms with Crippen LogP contribution in [0, 0.1) is 11.3 Å². The molecule has 2 aliphatic heterocycles. The number of hydrogen-bond acceptors (Lipinski definition) is 4. The van der Waals surface area contributed by atoms with Gasteiger partial charge >= 0.3 is 0 Å². The normalized spacial score (nSPS) is 24.1. The molecule has 0 bridgehead atoms. The molecule has 2 amide bonds. The molecule has 27 heavy (non-hydrogen) atoms. The third-order valence-corrected chi connectivity index (χ3v) is 6.89. The van der Waals surface area contributed by atoms with Crippen LogP contribution >= 0.6 is 34.5 Å². The lowest BCUT2D eigenvalue weighted by Gasteiger charge is -2.26. The average molecular weight is 425 g/mol. The first-order valence-corrected chi connectivity index (χ1v) is 10.3. The molecule has 0 unspecified atom stereocenters. The van der Waals surface area contributed by atoms with Crippen molar-refractivity contribution in [3.05, 3.63) is 56.2 Å². The molecule has 0 aliphatic carbocycles. The topological polar surface area (TPSA) is 58.6 Å². The van der Waals surface area contributed by atoms with E-state index >= 15 is 0 Å². The van der Waals surface area contributed by atoms with Crippen LogP contribution in [0.1, 0.15) is 15.9 Å². The maximum Gasteiger partial charge on any atom is 0.254 e. The summed E-state index contributed by atoms with van der Waals surface area (Å²) in [6.45, 7) is 1.98. The fourth-order valence-electron chi connectivity index (χ4n) is 3.82. The van der Waals surface area contributed by atoms with Crippen molar-refractivity contribution >= 4 is 46.4 Å². The van der Waals surface area contributed by atoms with Gasteiger partial charge in [0, 0.05) is 30.9 Å². The number of carbonyl (C=O) groups is 2. The first-order valence-electron chi connectivity index (χ1n) is 8.62. The van der Waals surface area contributed by atoms with Crippen LogP contribution < -0.4 is 5.32 Å². The van der Waals surface area contributed by atoms with Gasteiger partial charge in [-0.25, -0.2) is 0 Å². The molecule has 0 radical (unpaired) electrons. The van der Waals surface area contributed by atoms with Crippen LogP contribution in [0.15, 0.2) is 35.0 Å². The van der Waals surface area contributed by atoms with Crippen molar-refractivity contribution in [1.82, 2.24) is 10.2 Å². The Morgan fingerprint density at radius 1 is 1.33 bits per heavy atom. The molecular weight excluding hydrogens is 407 g/mol. The number of rotatable bonds is 4. The summed E-state index contributed by atoms with van der Waals surface area (Å²) in [7, 11) is 0. The van der Waals surface area contributed by atoms with Gasteiger partial charge in [-0.15, -0.1) is 0 Å². The first kappa shape index (κ1) is 18.7. The number of likely N-dealkylation sites (tertiary alicyclic amines) is 1. The predicted molar refractivity (Wildman–Crippen MR) is 105 cm³/mol. The monoisotopic (exact) mass is 424 g/mol. The van der Waals surface area contributed by atoms with E-state index in [1.165, 1.54) is 11.3 Å². The maximum absolute atomic E-state index is 13.1. The molecular formula is C19H18Cl2N2O3S. The highest BCUT2D eigenvalue weighted by atomic mass is 35.5. The summed E-state index contributed by atoms with van der Waals surface area (Å²) in [6.07, 6.45) is 0. The number of amides is 2. The molecule has 1 N–H and O–H groups in total. The van der Waals surface area contributed by atoms with Gasteiger partial charge in [0.2, 0.25) is 5.91 Å². The van der Waals surface area contributed by atoms with Crippen molar-refractivity contribution < 1.29 is 14.3 Å². The first-order chi connectivity index (χ1) is 13.0. The number of nitrogens with zero attached hydrogens (tertiary/aromatic N) is 1. The molecule has 2 fully saturated rings. The average Bonchev–Trinajstić information content (AvgIpc) is 3.37. The summed E-state index contributed by atoms with van der Waals surface area (Å²) < 4.78 is 5.61. The molecule has 0 spiro atoms. The van der Waals surface area contributed by atoms with Gasteiger partial charge in [-0.3, -0.25) is 9.59 Å². The van der Waals surface area contributed by atoms with E-state index in [1.807, 2.05) is 22.9 Å². The highest BCUT2D eigenvalue weighted by molar-refractivity contribution is 7.08. The minimum absolute atomic E-state index is 0.00470. The number of thiophene rings is 1. The van der Waals surface area contributed by atoms with Crippen molar-refractivity contribution in [1.29, 1.82) is 0 Å². The Kier molecular flexibility index (Phi) is 5.16. The van der Waals surface area contributed by atoms with E-state index in [-0.39, 0.29) is 24.3 Å². The SMILES string of the molecule is O=C(c1ccsc1)N1C[C@@H]2COC[C@]2(C(=O)NCc2cccc(Cl)c2Cl)C1. The number of ether oxygens (including phenoxy) is 1. The molecule has 142 valence electrons. The largest absolute Gasteiger partial charge is 0.380 e. The van der Waals surface area contributed by atoms with Crippen molar-refractivity contribution in [3.63, 3.8) is 0 Å². The predicted octanol–water partition coefficient (Wildman–Crippen LogP) is 3.46. The molecule has 3 heterocycles. The molecule has 4 rings (SSSR count). The Labute approximate surface area is 171 Å². The van der Waals surface area contributed by atoms with Gasteiger partial charge in [-0.2, -0.15) is 11.3 Å². The lowest BCUT2D eigenvalue weighted by Crippen LogP contribution is -2.46. The molecule has 1 aromatic carbocycles. The zero-order valence-electron chi connectivity index (χ0n) is 14.4. The van der Waals surface area contributed by atoms with Crippen molar-refractivity contribution in [3.8, 4) is 0 Å². The second kappa shape index (κ2) is 7.43. The summed E-state index contributed by atoms with van der Waals surface area (Å²) in [5.74, 6) is -0.146. The summed E-state index contributed by atoms with van der Waals surface area (Å²) in [4.78, 5) is 27.5. The van der Waals surface area contributed by atoms with Gasteiger partial charge in [0.25, 0.3) is 5.91 Å². The van der Waals surface area contributed by atoms with Crippen LogP contribution in [-0.2, 0) is 16.1 Å². The van der Waals surface area contributed by atoms with Crippen LogP contribution in [0.3, 0.4) is 0 Å². The summed E-state index contributed by atoms with van der Waals surface area (Å²) >= 11 is 13.7. The van der Waals surface area contributed by atoms with E-state index in [0.29, 0.717) is 41.9 Å². The lowest BCUT2D eigenvalue weighted by atomic mass is 9.80. The Bertz CT molecular complexity index is 874. The molecule has 2 atom stereocenters. The number of halogens is 2. The van der Waals surface area contributed by atoms with Crippen LogP contribution in [0.4, 0.5) is 0 Å². The number of carbonyl (C=O) groups excluding carboxylic acids is 2. The highest BCUT2D eigenvalue weighted by Crippen LogP contribution is 2.42. The summed E-state index contributed by atoms with van der Waals surface area (Å²) in [5, 5.41) is 7.58. The number of hydrogen-bond donors (Lipinski definition) is 1. The summed E-state index contributed by atoms with van der Waals surface area (Å²) in [6, 6.07) is 7.15. The summed E-state index contributed by atoms with van der Waals surface area (Å²) in [5.41, 5.74) is 0.715. The van der Waals surface area contributed by atoms with E-state index in [4.69, 9.17) is 27.9 Å². The standard InChI is InChI=1S/C19H18Cl2N2O3S/c20-15-3-1-2-12(16(15)21)6-22-18(25)19-10-23(7-14(19)8-26-11-19)17(24)13-4-5-27-9-13/h1-5,9,14H,6-8,10-11H2,(H,22,25)/t14-,19-/m1/s1. The fourth-order valence-corrected chi connectivity index (χ4v) is 4.83. The zero-order valence-corrected chi connectivity index (χ0v) is 16.7. The van der Waals surface area contributed by atoms with Crippen LogP contribution in [0.2, 0.25) is 10.0 Å². The third-order valence-electron chi connectivity index (χ3n) is 5.35. The lowest BCUT2D eigenvalue weighted by molar-refractivity contribution is -0.131. The minimum Gasteiger partial charge on any atom is -0.380 e. The van der Waals surface area contributed by atoms with Gasteiger partial charge in [-0.1, -0.05) is 35.3 Å². The van der Waals surface area contributed by atoms with E-state index in [0.717, 1.165) is 5.56 Å².